The number of carboxylic acid groups (broad SMARTS) is 1. The fourth-order valence-corrected chi connectivity index (χ4v) is 4.36. The van der Waals surface area contributed by atoms with Crippen LogP contribution in [0.2, 0.25) is 0 Å². The second-order valence-corrected chi connectivity index (χ2v) is 8.22. The van der Waals surface area contributed by atoms with Gasteiger partial charge in [0, 0.05) is 6.42 Å². The van der Waals surface area contributed by atoms with Crippen molar-refractivity contribution in [3.05, 3.63) is 83.9 Å². The largest absolute Gasteiger partial charge is 0.481 e. The van der Waals surface area contributed by atoms with Gasteiger partial charge in [0.1, 0.15) is 0 Å². The molecule has 6 heteroatoms. The van der Waals surface area contributed by atoms with Crippen molar-refractivity contribution in [2.24, 2.45) is 0 Å². The van der Waals surface area contributed by atoms with Crippen molar-refractivity contribution >= 4 is 24.3 Å². The van der Waals surface area contributed by atoms with E-state index in [0.29, 0.717) is 11.1 Å². The average molecular weight is 384 g/mol. The molecule has 0 aliphatic carbocycles. The molecule has 2 unspecified atom stereocenters. The van der Waals surface area contributed by atoms with Gasteiger partial charge in [0.05, 0.1) is 12.3 Å². The van der Waals surface area contributed by atoms with Gasteiger partial charge in [-0.15, -0.1) is 0 Å². The number of hydrogen-bond acceptors (Lipinski definition) is 3. The van der Waals surface area contributed by atoms with Crippen LogP contribution in [-0.2, 0) is 20.0 Å². The highest BCUT2D eigenvalue weighted by atomic mass is 31.2. The van der Waals surface area contributed by atoms with Crippen LogP contribution in [0, 0.1) is 0 Å². The van der Waals surface area contributed by atoms with Crippen LogP contribution < -0.4 is 0 Å². The number of hydrogen-bond donors (Lipinski definition) is 2. The molecule has 0 heterocycles. The maximum Gasteiger partial charge on any atom is 0.333 e. The van der Waals surface area contributed by atoms with Gasteiger partial charge in [-0.25, -0.2) is 0 Å². The van der Waals surface area contributed by atoms with Gasteiger partial charge < -0.3 is 14.5 Å². The molecule has 0 aromatic heterocycles. The number of aliphatic carboxylic acids is 1. The average Bonchev–Trinajstić information content (AvgIpc) is 2.65. The van der Waals surface area contributed by atoms with E-state index in [9.17, 15) is 14.3 Å². The Morgan fingerprint density at radius 3 is 2.33 bits per heavy atom. The second kappa shape index (κ2) is 8.49. The van der Waals surface area contributed by atoms with Crippen LogP contribution in [-0.4, -0.2) is 16.0 Å². The molecule has 3 aromatic carbocycles. The summed E-state index contributed by atoms with van der Waals surface area (Å²) in [6, 6.07) is 22.3. The highest BCUT2D eigenvalue weighted by molar-refractivity contribution is 7.51. The van der Waals surface area contributed by atoms with Crippen LogP contribution in [0.3, 0.4) is 0 Å². The molecule has 0 amide bonds. The summed E-state index contributed by atoms with van der Waals surface area (Å²) < 4.78 is 18.2. The Bertz CT molecular complexity index is 970. The third-order valence-electron chi connectivity index (χ3n) is 4.28. The molecule has 2 atom stereocenters. The van der Waals surface area contributed by atoms with E-state index in [-0.39, 0.29) is 19.0 Å². The molecule has 0 saturated heterocycles. The van der Waals surface area contributed by atoms with Crippen LogP contribution in [0.15, 0.2) is 72.8 Å². The van der Waals surface area contributed by atoms with E-state index in [4.69, 9.17) is 9.63 Å². The molecule has 0 radical (unpaired) electrons. The Morgan fingerprint density at radius 2 is 1.63 bits per heavy atom. The molecule has 0 fully saturated rings. The lowest BCUT2D eigenvalue weighted by Crippen LogP contribution is -2.07. The first-order valence-electron chi connectivity index (χ1n) is 8.67. The summed E-state index contributed by atoms with van der Waals surface area (Å²) >= 11 is 0. The first kappa shape index (κ1) is 19.3. The molecule has 27 heavy (non-hydrogen) atoms. The SMILES string of the molecule is O=C(O)CCC(OP(=O)(O)Cc1ccccc1)c1ccc2ccccc2c1. The number of carbonyl (C=O) groups is 1. The van der Waals surface area contributed by atoms with E-state index in [2.05, 4.69) is 0 Å². The highest BCUT2D eigenvalue weighted by Crippen LogP contribution is 2.51. The number of carboxylic acids is 1. The van der Waals surface area contributed by atoms with Crippen LogP contribution >= 0.6 is 7.60 Å². The van der Waals surface area contributed by atoms with E-state index >= 15 is 0 Å². The van der Waals surface area contributed by atoms with Crippen molar-refractivity contribution in [3.63, 3.8) is 0 Å². The van der Waals surface area contributed by atoms with Gasteiger partial charge in [-0.1, -0.05) is 66.7 Å². The predicted molar refractivity (Wildman–Crippen MR) is 105 cm³/mol. The molecule has 2 N–H and O–H groups in total. The Labute approximate surface area is 157 Å². The van der Waals surface area contributed by atoms with Crippen molar-refractivity contribution in [1.29, 1.82) is 0 Å². The van der Waals surface area contributed by atoms with Crippen molar-refractivity contribution in [2.45, 2.75) is 25.1 Å². The van der Waals surface area contributed by atoms with Crippen molar-refractivity contribution in [1.82, 2.24) is 0 Å². The van der Waals surface area contributed by atoms with Crippen LogP contribution in [0.4, 0.5) is 0 Å². The van der Waals surface area contributed by atoms with Crippen LogP contribution in [0.5, 0.6) is 0 Å². The van der Waals surface area contributed by atoms with Gasteiger partial charge in [-0.2, -0.15) is 0 Å². The third-order valence-corrected chi connectivity index (χ3v) is 5.63. The first-order chi connectivity index (χ1) is 12.9. The summed E-state index contributed by atoms with van der Waals surface area (Å²) in [6.07, 6.45) is -0.925. The molecule has 3 rings (SSSR count). The topological polar surface area (TPSA) is 83.8 Å². The highest BCUT2D eigenvalue weighted by Gasteiger charge is 2.27. The van der Waals surface area contributed by atoms with Crippen LogP contribution in [0.1, 0.15) is 30.1 Å². The van der Waals surface area contributed by atoms with Crippen molar-refractivity contribution < 1.29 is 23.9 Å². The number of rotatable bonds is 8. The zero-order valence-corrected chi connectivity index (χ0v) is 15.6. The molecule has 0 bridgehead atoms. The Morgan fingerprint density at radius 1 is 0.963 bits per heavy atom. The van der Waals surface area contributed by atoms with E-state index in [1.807, 2.05) is 48.5 Å². The summed E-state index contributed by atoms with van der Waals surface area (Å²) in [7, 11) is -3.95. The summed E-state index contributed by atoms with van der Waals surface area (Å²) in [6.45, 7) is 0. The van der Waals surface area contributed by atoms with Gasteiger partial charge in [0.15, 0.2) is 0 Å². The summed E-state index contributed by atoms with van der Waals surface area (Å²) in [5.74, 6) is -0.972. The lowest BCUT2D eigenvalue weighted by atomic mass is 10.0. The maximum atomic E-state index is 12.7. The quantitative estimate of drug-likeness (QED) is 0.525. The van der Waals surface area contributed by atoms with Gasteiger partial charge in [0.2, 0.25) is 0 Å². The molecule has 0 aliphatic rings. The molecule has 0 aliphatic heterocycles. The second-order valence-electron chi connectivity index (χ2n) is 6.41. The molecule has 0 spiro atoms. The van der Waals surface area contributed by atoms with Gasteiger partial charge in [-0.05, 0) is 34.4 Å². The van der Waals surface area contributed by atoms with E-state index in [0.717, 1.165) is 10.8 Å². The van der Waals surface area contributed by atoms with Crippen molar-refractivity contribution in [3.8, 4) is 0 Å². The van der Waals surface area contributed by atoms with Crippen molar-refractivity contribution in [2.75, 3.05) is 0 Å². The minimum atomic E-state index is -3.95. The van der Waals surface area contributed by atoms with Gasteiger partial charge >= 0.3 is 13.6 Å². The fraction of sp³-hybridized carbons (Fsp3) is 0.190. The third kappa shape index (κ3) is 5.51. The van der Waals surface area contributed by atoms with Gasteiger partial charge in [0.25, 0.3) is 0 Å². The number of benzene rings is 3. The summed E-state index contributed by atoms with van der Waals surface area (Å²) in [5, 5.41) is 11.0. The molecule has 140 valence electrons. The first-order valence-corrected chi connectivity index (χ1v) is 10.4. The fourth-order valence-electron chi connectivity index (χ4n) is 2.99. The Hall–Kier alpha value is -2.46. The standard InChI is InChI=1S/C21H21O5P/c22-21(23)13-12-20(19-11-10-17-8-4-5-9-18(17)14-19)26-27(24,25)15-16-6-2-1-3-7-16/h1-11,14,20H,12-13,15H2,(H,22,23)(H,24,25). The van der Waals surface area contributed by atoms with Crippen LogP contribution in [0.25, 0.3) is 10.8 Å². The lowest BCUT2D eigenvalue weighted by Gasteiger charge is -2.22. The Kier molecular flexibility index (Phi) is 6.07. The summed E-state index contributed by atoms with van der Waals surface area (Å²) in [5.41, 5.74) is 1.39. The smallest absolute Gasteiger partial charge is 0.333 e. The number of fused-ring (bicyclic) bond motifs is 1. The lowest BCUT2D eigenvalue weighted by molar-refractivity contribution is -0.137. The molecule has 0 saturated carbocycles. The minimum absolute atomic E-state index is 0.118. The maximum absolute atomic E-state index is 12.7. The van der Waals surface area contributed by atoms with Gasteiger partial charge in [-0.3, -0.25) is 9.36 Å². The Balaban J connectivity index is 1.85. The monoisotopic (exact) mass is 384 g/mol. The minimum Gasteiger partial charge on any atom is -0.481 e. The molecular formula is C21H21O5P. The zero-order valence-electron chi connectivity index (χ0n) is 14.7. The van der Waals surface area contributed by atoms with E-state index in [1.165, 1.54) is 0 Å². The van der Waals surface area contributed by atoms with E-state index in [1.54, 1.807) is 24.3 Å². The molecule has 5 nitrogen and oxygen atoms in total. The normalized spacial score (nSPS) is 14.6. The van der Waals surface area contributed by atoms with E-state index < -0.39 is 19.7 Å². The zero-order chi connectivity index (χ0) is 19.3. The predicted octanol–water partition coefficient (Wildman–Crippen LogP) is 5.15. The molecular weight excluding hydrogens is 363 g/mol. The summed E-state index contributed by atoms with van der Waals surface area (Å²) in [4.78, 5) is 21.4. The molecule has 3 aromatic rings.